The van der Waals surface area contributed by atoms with Crippen LogP contribution < -0.4 is 5.32 Å². The van der Waals surface area contributed by atoms with Crippen molar-refractivity contribution < 1.29 is 32.6 Å². The van der Waals surface area contributed by atoms with E-state index >= 15 is 0 Å². The van der Waals surface area contributed by atoms with Gasteiger partial charge < -0.3 is 15.2 Å². The summed E-state index contributed by atoms with van der Waals surface area (Å²) in [5.41, 5.74) is -2.34. The predicted molar refractivity (Wildman–Crippen MR) is 163 cm³/mol. The van der Waals surface area contributed by atoms with Crippen LogP contribution in [0.25, 0.3) is 0 Å². The average molecular weight is 661 g/mol. The molecule has 1 atom stereocenters. The fourth-order valence-corrected chi connectivity index (χ4v) is 7.52. The van der Waals surface area contributed by atoms with Gasteiger partial charge in [-0.3, -0.25) is 14.3 Å². The molecule has 2 fully saturated rings. The van der Waals surface area contributed by atoms with Crippen molar-refractivity contribution in [1.82, 2.24) is 15.1 Å². The van der Waals surface area contributed by atoms with E-state index in [2.05, 4.69) is 24.3 Å². The zero-order valence-electron chi connectivity index (χ0n) is 25.9. The van der Waals surface area contributed by atoms with Gasteiger partial charge in [0.05, 0.1) is 35.9 Å². The summed E-state index contributed by atoms with van der Waals surface area (Å²) in [6.07, 6.45) is -1.45. The van der Waals surface area contributed by atoms with Gasteiger partial charge in [-0.15, -0.1) is 0 Å². The molecule has 4 rings (SSSR count). The van der Waals surface area contributed by atoms with Crippen LogP contribution >= 0.6 is 23.2 Å². The maximum atomic E-state index is 14.6. The molecule has 0 unspecified atom stereocenters. The molecule has 1 aromatic carbocycles. The number of carbonyl (C=O) groups excluding carboxylic acids is 2. The van der Waals surface area contributed by atoms with Crippen LogP contribution in [-0.4, -0.2) is 38.9 Å². The Hall–Kier alpha value is -2.30. The lowest BCUT2D eigenvalue weighted by molar-refractivity contribution is -0.157. The topological polar surface area (TPSA) is 93.5 Å². The van der Waals surface area contributed by atoms with Crippen molar-refractivity contribution in [1.29, 1.82) is 0 Å². The normalized spacial score (nSPS) is 24.0. The predicted octanol–water partition coefficient (Wildman–Crippen LogP) is 8.39. The van der Waals surface area contributed by atoms with E-state index in [1.807, 2.05) is 6.92 Å². The second-order valence-corrected chi connectivity index (χ2v) is 14.4. The van der Waals surface area contributed by atoms with Crippen LogP contribution in [0, 0.1) is 17.8 Å². The molecule has 1 heterocycles. The van der Waals surface area contributed by atoms with Crippen LogP contribution in [0.3, 0.4) is 0 Å². The van der Waals surface area contributed by atoms with Gasteiger partial charge in [0, 0.05) is 27.6 Å². The van der Waals surface area contributed by atoms with Gasteiger partial charge in [0.2, 0.25) is 0 Å². The first-order chi connectivity index (χ1) is 20.4. The van der Waals surface area contributed by atoms with E-state index < -0.39 is 46.4 Å². The van der Waals surface area contributed by atoms with Crippen molar-refractivity contribution in [3.05, 3.63) is 50.8 Å². The molecule has 2 aromatic rings. The van der Waals surface area contributed by atoms with Gasteiger partial charge in [-0.1, -0.05) is 37.0 Å². The van der Waals surface area contributed by atoms with E-state index in [4.69, 9.17) is 27.9 Å². The monoisotopic (exact) mass is 659 g/mol. The molecule has 0 saturated heterocycles. The Kier molecular flexibility index (Phi) is 10.1. The number of hydrogen-bond donors (Lipinski definition) is 2. The van der Waals surface area contributed by atoms with E-state index in [1.165, 1.54) is 0 Å². The number of aromatic nitrogens is 2. The van der Waals surface area contributed by atoms with Crippen LogP contribution in [0.5, 0.6) is 0 Å². The molecule has 2 aliphatic carbocycles. The number of benzene rings is 1. The molecule has 7 nitrogen and oxygen atoms in total. The molecule has 1 amide bonds. The first-order valence-electron chi connectivity index (χ1n) is 15.2. The number of aryl methyl sites for hydroxylation is 1. The van der Waals surface area contributed by atoms with Crippen molar-refractivity contribution in [2.24, 2.45) is 10.8 Å². The number of hydrogen-bond acceptors (Lipinski definition) is 5. The highest BCUT2D eigenvalue weighted by atomic mass is 35.5. The number of rotatable bonds is 8. The third kappa shape index (κ3) is 7.39. The molecule has 12 heteroatoms. The number of nitrogens with one attached hydrogen (secondary N) is 1. The molecule has 2 saturated carbocycles. The number of carbonyl (C=O) groups is 2. The molecule has 0 spiro atoms. The molecule has 0 radical (unpaired) electrons. The second kappa shape index (κ2) is 12.8. The summed E-state index contributed by atoms with van der Waals surface area (Å²) in [7, 11) is 0. The number of esters is 1. The molecular weight excluding hydrogens is 618 g/mol. The van der Waals surface area contributed by atoms with Crippen molar-refractivity contribution >= 4 is 35.1 Å². The van der Waals surface area contributed by atoms with Crippen molar-refractivity contribution in [3.8, 4) is 0 Å². The molecule has 0 bridgehead atoms. The minimum Gasteiger partial charge on any atom is -0.466 e. The van der Waals surface area contributed by atoms with Crippen LogP contribution in [0.1, 0.15) is 125 Å². The minimum atomic E-state index is -4.85. The maximum Gasteiger partial charge on any atom is 0.433 e. The Morgan fingerprint density at radius 2 is 1.66 bits per heavy atom. The lowest BCUT2D eigenvalue weighted by Crippen LogP contribution is -2.52. The average Bonchev–Trinajstić information content (AvgIpc) is 3.37. The minimum absolute atomic E-state index is 0.0284. The van der Waals surface area contributed by atoms with E-state index in [-0.39, 0.29) is 47.3 Å². The highest BCUT2D eigenvalue weighted by Crippen LogP contribution is 2.47. The van der Waals surface area contributed by atoms with Gasteiger partial charge in [0.1, 0.15) is 0 Å². The van der Waals surface area contributed by atoms with E-state index in [0.29, 0.717) is 44.1 Å². The summed E-state index contributed by atoms with van der Waals surface area (Å²) < 4.78 is 49.8. The van der Waals surface area contributed by atoms with Gasteiger partial charge in [-0.05, 0) is 95.2 Å². The zero-order valence-corrected chi connectivity index (χ0v) is 27.4. The molecule has 44 heavy (non-hydrogen) atoms. The highest BCUT2D eigenvalue weighted by Gasteiger charge is 2.47. The molecule has 244 valence electrons. The van der Waals surface area contributed by atoms with Crippen molar-refractivity contribution in [3.63, 3.8) is 0 Å². The fraction of sp³-hybridized carbons (Fsp3) is 0.656. The van der Waals surface area contributed by atoms with Crippen LogP contribution in [-0.2, 0) is 15.7 Å². The molecule has 1 aromatic heterocycles. The van der Waals surface area contributed by atoms with Gasteiger partial charge in [-0.2, -0.15) is 18.3 Å². The Morgan fingerprint density at radius 1 is 1.09 bits per heavy atom. The summed E-state index contributed by atoms with van der Waals surface area (Å²) in [5.74, 6) is -1.25. The standard InChI is InChI=1S/C32H42Cl2F3N3O4/c1-6-44-28(43)30(5)9-7-20(8-10-30)40-26(32(35,36)37)21(18-38-40)27(42)39-31(13-11-29(3,4)12-14-31)17-24(41)25-22(33)15-19(2)16-23(25)34/h15-16,18,20,24,41H,6-14,17H2,1-5H3,(H,39,42)/t20?,24-,30?/m1/s1. The summed E-state index contributed by atoms with van der Waals surface area (Å²) in [4.78, 5) is 26.2. The molecule has 2 aliphatic rings. The number of amides is 1. The van der Waals surface area contributed by atoms with Crippen molar-refractivity contribution in [2.45, 2.75) is 116 Å². The van der Waals surface area contributed by atoms with E-state index in [1.54, 1.807) is 26.0 Å². The number of aliphatic hydroxyl groups excluding tert-OH is 1. The second-order valence-electron chi connectivity index (χ2n) is 13.6. The zero-order chi connectivity index (χ0) is 32.7. The van der Waals surface area contributed by atoms with Gasteiger partial charge in [0.25, 0.3) is 5.91 Å². The molecule has 0 aliphatic heterocycles. The Bertz CT molecular complexity index is 1350. The number of halogens is 5. The largest absolute Gasteiger partial charge is 0.466 e. The van der Waals surface area contributed by atoms with E-state index in [0.717, 1.165) is 16.4 Å². The molecule has 2 N–H and O–H groups in total. The first kappa shape index (κ1) is 34.6. The summed E-state index contributed by atoms with van der Waals surface area (Å²) in [6, 6.07) is 2.74. The SMILES string of the molecule is CCOC(=O)C1(C)CCC(n2ncc(C(=O)NC3(C[C@@H](O)c4c(Cl)cc(C)cc4Cl)CCC(C)(C)CC3)c2C(F)(F)F)CC1. The van der Waals surface area contributed by atoms with Crippen molar-refractivity contribution in [2.75, 3.05) is 6.61 Å². The number of alkyl halides is 3. The lowest BCUT2D eigenvalue weighted by atomic mass is 9.67. The summed E-state index contributed by atoms with van der Waals surface area (Å²) in [5, 5.41) is 18.9. The maximum absolute atomic E-state index is 14.6. The number of nitrogens with zero attached hydrogens (tertiary/aromatic N) is 2. The summed E-state index contributed by atoms with van der Waals surface area (Å²) in [6.45, 7) is 9.74. The van der Waals surface area contributed by atoms with Gasteiger partial charge in [0.15, 0.2) is 5.69 Å². The van der Waals surface area contributed by atoms with Crippen LogP contribution in [0.2, 0.25) is 10.0 Å². The van der Waals surface area contributed by atoms with Crippen LogP contribution in [0.15, 0.2) is 18.3 Å². The summed E-state index contributed by atoms with van der Waals surface area (Å²) >= 11 is 12.9. The number of aliphatic hydroxyl groups is 1. The third-order valence-electron chi connectivity index (χ3n) is 9.56. The fourth-order valence-electron chi connectivity index (χ4n) is 6.68. The quantitative estimate of drug-likeness (QED) is 0.278. The molecular formula is C32H42Cl2F3N3O4. The lowest BCUT2D eigenvalue weighted by Gasteiger charge is -2.45. The Morgan fingerprint density at radius 3 is 2.18 bits per heavy atom. The van der Waals surface area contributed by atoms with Crippen LogP contribution in [0.4, 0.5) is 13.2 Å². The van der Waals surface area contributed by atoms with Gasteiger partial charge in [-0.25, -0.2) is 0 Å². The first-order valence-corrected chi connectivity index (χ1v) is 15.9. The van der Waals surface area contributed by atoms with Gasteiger partial charge >= 0.3 is 12.1 Å². The highest BCUT2D eigenvalue weighted by molar-refractivity contribution is 6.36. The third-order valence-corrected chi connectivity index (χ3v) is 10.2. The van der Waals surface area contributed by atoms with E-state index in [9.17, 15) is 27.9 Å². The number of ether oxygens (including phenoxy) is 1. The Balaban J connectivity index is 1.62. The smallest absolute Gasteiger partial charge is 0.433 e. The Labute approximate surface area is 266 Å².